The number of carboxylic acid groups (broad SMARTS) is 2. The molecule has 0 fully saturated rings. The highest BCUT2D eigenvalue weighted by Gasteiger charge is 2.41. The first-order chi connectivity index (χ1) is 50.6. The maximum atomic E-state index is 14.4. The zero-order valence-electron chi connectivity index (χ0n) is 64.1. The van der Waals surface area contributed by atoms with Gasteiger partial charge in [-0.05, 0) is 192 Å². The minimum Gasteiger partial charge on any atom is -0.487 e. The Bertz CT molecular complexity index is 4510. The number of nitrogens with two attached hydrogens (primary N) is 2. The molecule has 33 nitrogen and oxygen atoms in total. The van der Waals surface area contributed by atoms with Crippen molar-refractivity contribution in [1.29, 1.82) is 0 Å². The van der Waals surface area contributed by atoms with E-state index in [1.165, 1.54) is 34.6 Å². The van der Waals surface area contributed by atoms with Crippen molar-refractivity contribution in [2.75, 3.05) is 19.7 Å². The van der Waals surface area contributed by atoms with Gasteiger partial charge in [0, 0.05) is 43.0 Å². The number of sulfonamides is 2. The highest BCUT2D eigenvalue weighted by molar-refractivity contribution is 7.90. The third-order valence-corrected chi connectivity index (χ3v) is 22.0. The van der Waals surface area contributed by atoms with Crippen LogP contribution in [0.2, 0.25) is 0 Å². The van der Waals surface area contributed by atoms with Crippen molar-refractivity contribution in [3.8, 4) is 22.6 Å². The summed E-state index contributed by atoms with van der Waals surface area (Å²) in [6, 6.07) is 3.67. The van der Waals surface area contributed by atoms with Crippen LogP contribution in [0.5, 0.6) is 11.5 Å². The Morgan fingerprint density at radius 3 is 1.30 bits per heavy atom. The summed E-state index contributed by atoms with van der Waals surface area (Å²) in [5.41, 5.74) is 18.3. The lowest BCUT2D eigenvalue weighted by Gasteiger charge is -2.26. The number of aliphatic imine (C=N–C) groups is 2. The molecule has 3 aliphatic rings. The molecule has 0 radical (unpaired) electrons. The fraction of sp³-hybridized carbons (Fsp3) is 0.514. The summed E-state index contributed by atoms with van der Waals surface area (Å²) in [4.78, 5) is 143. The van der Waals surface area contributed by atoms with E-state index in [4.69, 9.17) is 30.4 Å². The monoisotopic (exact) mass is 1560 g/mol. The van der Waals surface area contributed by atoms with E-state index in [0.29, 0.717) is 57.7 Å². The molecule has 7 atom stereocenters. The maximum Gasteiger partial charge on any atom is 0.407 e. The molecule has 0 saturated carbocycles. The number of nitrogens with one attached hydrogen (secondary N) is 9. The van der Waals surface area contributed by atoms with E-state index in [0.717, 1.165) is 40.3 Å². The molecule has 0 unspecified atom stereocenters. The highest BCUT2D eigenvalue weighted by atomic mass is 32.2. The number of rotatable bonds is 32. The lowest BCUT2D eigenvalue weighted by atomic mass is 9.94. The number of hydrogen-bond donors (Lipinski definition) is 13. The van der Waals surface area contributed by atoms with E-state index in [1.807, 2.05) is 81.5 Å². The smallest absolute Gasteiger partial charge is 0.407 e. The average molecular weight is 1560 g/mol. The molecular formula is C74H101N13O20S2. The van der Waals surface area contributed by atoms with Crippen LogP contribution in [-0.4, -0.2) is 177 Å². The standard InChI is InChI=1S/C74H101N13O20S2/c1-36-38(3)60(40(5)49-33-73(13,14)106-58(36)49)108(100,101)86-69(75)77-29-21-27-52(65(94)79-44(9)64(93)84-55(68(97)98)31-56(88)89)82-62(91)42(7)81-67(96)54(32-57(90)105-72(10,11)12)83-63(92)43(8)80-66(95)53(85-71(99)104-35-51-47-25-19-17-23-45(47)46-24-18-20-26-48(46)51)28-22-30-78-70(76)87-109(102,103)61-39(4)37(2)59-50(41(61)6)34-74(15,16)107-59/h17-20,23-26,42-44,51-55H,21-22,27-35H2,1-16H3,(H,79,94)(H,80,95)(H,81,96)(H,82,91)(H,83,92)(H,84,93)(H,85,99)(H,88,89)(H,97,98)(H3,75,77,86)(H3,76,78,87)/t42-,43-,44-,52-,53-,54-,55-/m0/s1. The van der Waals surface area contributed by atoms with Gasteiger partial charge in [0.2, 0.25) is 47.4 Å². The lowest BCUT2D eigenvalue weighted by molar-refractivity contribution is -0.156. The van der Waals surface area contributed by atoms with Crippen LogP contribution in [0, 0.1) is 41.5 Å². The first-order valence-electron chi connectivity index (χ1n) is 35.5. The number of fused-ring (bicyclic) bond motifs is 5. The van der Waals surface area contributed by atoms with Gasteiger partial charge in [-0.2, -0.15) is 0 Å². The fourth-order valence-electron chi connectivity index (χ4n) is 13.2. The Morgan fingerprint density at radius 2 is 0.908 bits per heavy atom. The van der Waals surface area contributed by atoms with Gasteiger partial charge in [-0.15, -0.1) is 0 Å². The molecule has 15 N–H and O–H groups in total. The number of amides is 7. The molecule has 0 aromatic heterocycles. The minimum absolute atomic E-state index is 0.0185. The van der Waals surface area contributed by atoms with E-state index >= 15 is 0 Å². The summed E-state index contributed by atoms with van der Waals surface area (Å²) < 4.78 is 84.1. The van der Waals surface area contributed by atoms with E-state index in [9.17, 15) is 75.0 Å². The molecule has 35 heteroatoms. The second kappa shape index (κ2) is 34.8. The predicted molar refractivity (Wildman–Crippen MR) is 401 cm³/mol. The van der Waals surface area contributed by atoms with Crippen molar-refractivity contribution < 1.29 is 93.9 Å². The molecule has 0 bridgehead atoms. The largest absolute Gasteiger partial charge is 0.487 e. The van der Waals surface area contributed by atoms with Crippen LogP contribution in [0.25, 0.3) is 11.1 Å². The number of carboxylic acids is 2. The van der Waals surface area contributed by atoms with Crippen LogP contribution in [0.4, 0.5) is 4.79 Å². The Morgan fingerprint density at radius 1 is 0.532 bits per heavy atom. The Balaban J connectivity index is 1.06. The zero-order valence-corrected chi connectivity index (χ0v) is 65.8. The van der Waals surface area contributed by atoms with E-state index in [2.05, 4.69) is 51.3 Å². The summed E-state index contributed by atoms with van der Waals surface area (Å²) in [7, 11) is -8.67. The number of nitrogens with zero attached hydrogens (tertiary/aromatic N) is 2. The summed E-state index contributed by atoms with van der Waals surface area (Å²) in [5, 5.41) is 35.5. The second-order valence-corrected chi connectivity index (χ2v) is 33.0. The first-order valence-corrected chi connectivity index (χ1v) is 38.5. The molecule has 1 aliphatic carbocycles. The number of esters is 1. The Hall–Kier alpha value is -10.6. The number of aliphatic carboxylic acids is 2. The van der Waals surface area contributed by atoms with Crippen LogP contribution < -0.4 is 67.6 Å². The number of alkyl carbamates (subject to hydrolysis) is 1. The predicted octanol–water partition coefficient (Wildman–Crippen LogP) is 3.58. The molecule has 2 heterocycles. The molecule has 109 heavy (non-hydrogen) atoms. The third kappa shape index (κ3) is 21.9. The number of benzene rings is 4. The molecule has 7 amide bonds. The summed E-state index contributed by atoms with van der Waals surface area (Å²) in [6.07, 6.45) is -2.67. The minimum atomic E-state index is -4.36. The van der Waals surface area contributed by atoms with Crippen molar-refractivity contribution >= 4 is 91.4 Å². The van der Waals surface area contributed by atoms with E-state index in [-0.39, 0.29) is 61.1 Å². The van der Waals surface area contributed by atoms with Gasteiger partial charge in [0.25, 0.3) is 20.0 Å². The summed E-state index contributed by atoms with van der Waals surface area (Å²) in [6.45, 7) is 25.3. The van der Waals surface area contributed by atoms with Gasteiger partial charge in [-0.3, -0.25) is 48.3 Å². The van der Waals surface area contributed by atoms with Crippen LogP contribution in [0.15, 0.2) is 68.3 Å². The van der Waals surface area contributed by atoms with Crippen LogP contribution in [-0.2, 0) is 85.5 Å². The normalized spacial score (nSPS) is 16.2. The fourth-order valence-corrected chi connectivity index (χ4v) is 16.3. The number of hydrogen-bond acceptors (Lipinski definition) is 20. The maximum absolute atomic E-state index is 14.4. The summed E-state index contributed by atoms with van der Waals surface area (Å²) >= 11 is 0. The number of carbonyl (C=O) groups excluding carboxylic acids is 8. The molecule has 4 aromatic rings. The van der Waals surface area contributed by atoms with Crippen LogP contribution >= 0.6 is 0 Å². The van der Waals surface area contributed by atoms with Gasteiger partial charge in [0.1, 0.15) is 77.2 Å². The van der Waals surface area contributed by atoms with Gasteiger partial charge in [0.15, 0.2) is 0 Å². The van der Waals surface area contributed by atoms with Crippen LogP contribution in [0.1, 0.15) is 169 Å². The van der Waals surface area contributed by atoms with E-state index in [1.54, 1.807) is 41.5 Å². The molecule has 4 aromatic carbocycles. The first kappa shape index (κ1) is 85.7. The number of guanidine groups is 2. The van der Waals surface area contributed by atoms with Gasteiger partial charge >= 0.3 is 24.0 Å². The van der Waals surface area contributed by atoms with Gasteiger partial charge in [0.05, 0.1) is 22.6 Å². The van der Waals surface area contributed by atoms with Gasteiger partial charge in [-0.25, -0.2) is 35.9 Å². The molecule has 0 saturated heterocycles. The number of carbonyl (C=O) groups is 10. The molecule has 594 valence electrons. The Labute approximate surface area is 633 Å². The van der Waals surface area contributed by atoms with Crippen molar-refractivity contribution in [2.45, 2.75) is 237 Å². The van der Waals surface area contributed by atoms with Crippen LogP contribution in [0.3, 0.4) is 0 Å². The SMILES string of the molecule is Cc1c(C)c(S(=O)(=O)NC(N)=NCCC[C@H](NC(=O)OCC2c3ccccc3-c3ccccc32)C(=O)N[C@@H](C)C(=O)N[C@@H](CC(=O)OC(C)(C)C)C(=O)N[C@@H](C)C(=O)N[C@@H](CCCN=C(N)NS(=O)(=O)c2c(C)c(C)c3c(c2C)CC(C)(C)O3)C(=O)N[C@@H](C)C(=O)N[C@@H](CC(=O)O)C(=O)O)c(C)c2c1OC(C)(C)C2. The molecule has 0 spiro atoms. The topological polar surface area (TPSA) is 501 Å². The second-order valence-electron chi connectivity index (χ2n) is 29.8. The quantitative estimate of drug-likeness (QED) is 0.0144. The van der Waals surface area contributed by atoms with Crippen molar-refractivity contribution in [3.05, 3.63) is 104 Å². The lowest BCUT2D eigenvalue weighted by Crippen LogP contribution is -2.59. The third-order valence-electron chi connectivity index (χ3n) is 18.7. The van der Waals surface area contributed by atoms with Gasteiger partial charge < -0.3 is 77.8 Å². The number of ether oxygens (including phenoxy) is 4. The van der Waals surface area contributed by atoms with Crippen molar-refractivity contribution in [2.24, 2.45) is 21.5 Å². The molecular weight excluding hydrogens is 1460 g/mol. The summed E-state index contributed by atoms with van der Waals surface area (Å²) in [5.74, 6) is -10.8. The Kier molecular flexibility index (Phi) is 27.3. The zero-order chi connectivity index (χ0) is 81.3. The molecule has 2 aliphatic heterocycles. The highest BCUT2D eigenvalue weighted by Crippen LogP contribution is 2.47. The molecule has 7 rings (SSSR count). The van der Waals surface area contributed by atoms with Gasteiger partial charge in [-0.1, -0.05) is 48.5 Å². The van der Waals surface area contributed by atoms with E-state index < -0.39 is 163 Å². The van der Waals surface area contributed by atoms with Crippen molar-refractivity contribution in [1.82, 2.24) is 46.7 Å². The average Bonchev–Trinajstić information content (AvgIpc) is 1.66. The van der Waals surface area contributed by atoms with Crippen molar-refractivity contribution in [3.63, 3.8) is 0 Å².